The van der Waals surface area contributed by atoms with Gasteiger partial charge in [0.15, 0.2) is 0 Å². The van der Waals surface area contributed by atoms with Gasteiger partial charge in [-0.2, -0.15) is 0 Å². The lowest BCUT2D eigenvalue weighted by Gasteiger charge is -2.33. The van der Waals surface area contributed by atoms with Crippen LogP contribution in [-0.2, 0) is 9.53 Å². The summed E-state index contributed by atoms with van der Waals surface area (Å²) in [4.78, 5) is 11.7. The minimum absolute atomic E-state index is 0.0805. The Morgan fingerprint density at radius 3 is 2.45 bits per heavy atom. The molecule has 1 aliphatic heterocycles. The molecule has 1 saturated heterocycles. The van der Waals surface area contributed by atoms with Gasteiger partial charge in [0.2, 0.25) is 5.91 Å². The Kier molecular flexibility index (Phi) is 4.34. The summed E-state index contributed by atoms with van der Waals surface area (Å²) in [7, 11) is 0. The Balaban J connectivity index is 1.99. The van der Waals surface area contributed by atoms with Crippen molar-refractivity contribution >= 4 is 29.1 Å². The van der Waals surface area contributed by atoms with Gasteiger partial charge in [0.1, 0.15) is 18.5 Å². The molecule has 1 N–H and O–H groups in total. The highest BCUT2D eigenvalue weighted by atomic mass is 35.5. The fourth-order valence-electron chi connectivity index (χ4n) is 2.51. The van der Waals surface area contributed by atoms with E-state index in [4.69, 9.17) is 27.9 Å². The lowest BCUT2D eigenvalue weighted by molar-refractivity contribution is -0.137. The van der Waals surface area contributed by atoms with Crippen molar-refractivity contribution in [1.29, 1.82) is 0 Å². The zero-order chi connectivity index (χ0) is 15.7. The number of carbonyl (C=O) groups is 1. The van der Waals surface area contributed by atoms with Gasteiger partial charge >= 0.3 is 0 Å². The van der Waals surface area contributed by atoms with Crippen LogP contribution in [0.1, 0.15) is 23.3 Å². The molecular formula is C16H12Cl2FNO2. The highest BCUT2D eigenvalue weighted by molar-refractivity contribution is 6.30. The standard InChI is InChI=1S/C16H12Cl2FNO2/c17-11-3-1-9(2-4-11)15-16(22-8-14(21)20-15)10-5-12(18)7-13(19)6-10/h1-7,15-16H,8H2,(H,20,21)/t15?,16-/m1/s1. The predicted octanol–water partition coefficient (Wildman–Crippen LogP) is 4.06. The van der Waals surface area contributed by atoms with Gasteiger partial charge in [-0.25, -0.2) is 4.39 Å². The van der Waals surface area contributed by atoms with Gasteiger partial charge in [-0.15, -0.1) is 0 Å². The number of amides is 1. The first-order chi connectivity index (χ1) is 10.5. The topological polar surface area (TPSA) is 38.3 Å². The lowest BCUT2D eigenvalue weighted by atomic mass is 9.94. The molecule has 1 aliphatic rings. The lowest BCUT2D eigenvalue weighted by Crippen LogP contribution is -2.41. The monoisotopic (exact) mass is 339 g/mol. The van der Waals surface area contributed by atoms with E-state index >= 15 is 0 Å². The maximum atomic E-state index is 13.6. The Labute approximate surface area is 137 Å². The van der Waals surface area contributed by atoms with Crippen LogP contribution in [0.2, 0.25) is 10.0 Å². The number of morpholine rings is 1. The third kappa shape index (κ3) is 3.24. The van der Waals surface area contributed by atoms with E-state index in [1.54, 1.807) is 30.3 Å². The number of nitrogens with one attached hydrogen (secondary N) is 1. The Bertz CT molecular complexity index is 686. The van der Waals surface area contributed by atoms with Crippen LogP contribution in [0.3, 0.4) is 0 Å². The second kappa shape index (κ2) is 6.24. The predicted molar refractivity (Wildman–Crippen MR) is 82.4 cm³/mol. The average molecular weight is 340 g/mol. The maximum absolute atomic E-state index is 13.6. The smallest absolute Gasteiger partial charge is 0.246 e. The Morgan fingerprint density at radius 2 is 1.77 bits per heavy atom. The molecule has 22 heavy (non-hydrogen) atoms. The summed E-state index contributed by atoms with van der Waals surface area (Å²) >= 11 is 11.8. The van der Waals surface area contributed by atoms with Crippen molar-refractivity contribution in [3.05, 3.63) is 69.5 Å². The molecule has 2 aromatic rings. The SMILES string of the molecule is O=C1CO[C@H](c2cc(F)cc(Cl)c2)C(c2ccc(Cl)cc2)N1. The van der Waals surface area contributed by atoms with Gasteiger partial charge in [-0.3, -0.25) is 4.79 Å². The number of hydrogen-bond donors (Lipinski definition) is 1. The molecule has 3 rings (SSSR count). The molecule has 0 saturated carbocycles. The molecule has 1 unspecified atom stereocenters. The van der Waals surface area contributed by atoms with Crippen molar-refractivity contribution in [2.45, 2.75) is 12.1 Å². The quantitative estimate of drug-likeness (QED) is 0.895. The van der Waals surface area contributed by atoms with Gasteiger partial charge in [0.25, 0.3) is 0 Å². The summed E-state index contributed by atoms with van der Waals surface area (Å²) in [5, 5.41) is 3.74. The van der Waals surface area contributed by atoms with E-state index in [9.17, 15) is 9.18 Å². The summed E-state index contributed by atoms with van der Waals surface area (Å²) in [6.45, 7) is -0.0805. The van der Waals surface area contributed by atoms with Crippen LogP contribution in [0.5, 0.6) is 0 Å². The van der Waals surface area contributed by atoms with Crippen LogP contribution in [0, 0.1) is 5.82 Å². The molecule has 2 aromatic carbocycles. The molecule has 1 amide bonds. The number of halogens is 3. The number of hydrogen-bond acceptors (Lipinski definition) is 2. The third-order valence-corrected chi connectivity index (χ3v) is 3.93. The zero-order valence-corrected chi connectivity index (χ0v) is 12.9. The molecular weight excluding hydrogens is 328 g/mol. The van der Waals surface area contributed by atoms with E-state index in [1.807, 2.05) is 0 Å². The fourth-order valence-corrected chi connectivity index (χ4v) is 2.87. The fraction of sp³-hybridized carbons (Fsp3) is 0.188. The van der Waals surface area contributed by atoms with Gasteiger partial charge in [-0.1, -0.05) is 35.3 Å². The molecule has 0 bridgehead atoms. The highest BCUT2D eigenvalue weighted by Crippen LogP contribution is 2.36. The largest absolute Gasteiger partial charge is 0.361 e. The Hall–Kier alpha value is -1.62. The number of benzene rings is 2. The Morgan fingerprint density at radius 1 is 1.05 bits per heavy atom. The molecule has 2 atom stereocenters. The summed E-state index contributed by atoms with van der Waals surface area (Å²) in [5.74, 6) is -0.670. The summed E-state index contributed by atoms with van der Waals surface area (Å²) in [6, 6.07) is 10.8. The van der Waals surface area contributed by atoms with E-state index in [0.29, 0.717) is 10.6 Å². The molecule has 6 heteroatoms. The first kappa shape index (κ1) is 15.3. The van der Waals surface area contributed by atoms with Gasteiger partial charge in [0, 0.05) is 10.0 Å². The molecule has 1 heterocycles. The molecule has 0 spiro atoms. The van der Waals surface area contributed by atoms with Crippen LogP contribution < -0.4 is 5.32 Å². The van der Waals surface area contributed by atoms with Crippen molar-refractivity contribution in [3.63, 3.8) is 0 Å². The van der Waals surface area contributed by atoms with E-state index < -0.39 is 18.0 Å². The molecule has 3 nitrogen and oxygen atoms in total. The van der Waals surface area contributed by atoms with Crippen LogP contribution in [0.25, 0.3) is 0 Å². The molecule has 114 valence electrons. The van der Waals surface area contributed by atoms with Crippen molar-refractivity contribution in [2.75, 3.05) is 6.61 Å². The van der Waals surface area contributed by atoms with Gasteiger partial charge in [0.05, 0.1) is 6.04 Å². The average Bonchev–Trinajstić information content (AvgIpc) is 2.47. The van der Waals surface area contributed by atoms with E-state index in [-0.39, 0.29) is 17.5 Å². The summed E-state index contributed by atoms with van der Waals surface area (Å²) < 4.78 is 19.2. The van der Waals surface area contributed by atoms with E-state index in [2.05, 4.69) is 5.32 Å². The molecule has 0 aliphatic carbocycles. The van der Waals surface area contributed by atoms with Crippen LogP contribution in [0.4, 0.5) is 4.39 Å². The number of rotatable bonds is 2. The molecule has 1 fully saturated rings. The van der Waals surface area contributed by atoms with E-state index in [0.717, 1.165) is 5.56 Å². The van der Waals surface area contributed by atoms with Crippen LogP contribution >= 0.6 is 23.2 Å². The molecule has 0 radical (unpaired) electrons. The number of carbonyl (C=O) groups excluding carboxylic acids is 1. The number of ether oxygens (including phenoxy) is 1. The first-order valence-electron chi connectivity index (χ1n) is 6.65. The zero-order valence-electron chi connectivity index (χ0n) is 11.4. The van der Waals surface area contributed by atoms with E-state index in [1.165, 1.54) is 12.1 Å². The van der Waals surface area contributed by atoms with Crippen molar-refractivity contribution in [1.82, 2.24) is 5.32 Å². The first-order valence-corrected chi connectivity index (χ1v) is 7.41. The second-order valence-corrected chi connectivity index (χ2v) is 5.90. The summed E-state index contributed by atoms with van der Waals surface area (Å²) in [6.07, 6.45) is -0.521. The summed E-state index contributed by atoms with van der Waals surface area (Å²) in [5.41, 5.74) is 1.40. The van der Waals surface area contributed by atoms with Gasteiger partial charge in [-0.05, 0) is 41.5 Å². The van der Waals surface area contributed by atoms with Crippen molar-refractivity contribution in [2.24, 2.45) is 0 Å². The normalized spacial score (nSPS) is 21.5. The maximum Gasteiger partial charge on any atom is 0.246 e. The molecule has 0 aromatic heterocycles. The highest BCUT2D eigenvalue weighted by Gasteiger charge is 2.32. The van der Waals surface area contributed by atoms with Crippen LogP contribution in [0.15, 0.2) is 42.5 Å². The van der Waals surface area contributed by atoms with Gasteiger partial charge < -0.3 is 10.1 Å². The second-order valence-electron chi connectivity index (χ2n) is 5.03. The minimum Gasteiger partial charge on any atom is -0.361 e. The third-order valence-electron chi connectivity index (χ3n) is 3.46. The minimum atomic E-state index is -0.521. The van der Waals surface area contributed by atoms with Crippen molar-refractivity contribution in [3.8, 4) is 0 Å². The van der Waals surface area contributed by atoms with Crippen molar-refractivity contribution < 1.29 is 13.9 Å². The van der Waals surface area contributed by atoms with Crippen LogP contribution in [-0.4, -0.2) is 12.5 Å².